The van der Waals surface area contributed by atoms with Crippen LogP contribution in [0.25, 0.3) is 11.3 Å². The average molecular weight is 1180 g/mol. The topological polar surface area (TPSA) is 284 Å². The predicted molar refractivity (Wildman–Crippen MR) is 298 cm³/mol. The van der Waals surface area contributed by atoms with E-state index in [9.17, 15) is 52.5 Å². The molecule has 2 amide bonds. The highest BCUT2D eigenvalue weighted by atomic mass is 19.4. The maximum Gasteiger partial charge on any atom is 0.434 e. The molecular weight excluding hydrogens is 1100 g/mol. The quantitative estimate of drug-likeness (QED) is 0.0536. The SMILES string of the molecule is CCOc1ccc(C(=O)N2CCN(c3ccc(-c4cccnc4OCC)nc3CNCCCOCCOCCOCCOCCNC(=O)CN3CCN(CC(=O)O)CCN(CC(=O)O)CCN(CC(=O)O)CC3)C(CC)C2)c(C(F)(F)F)n1. The van der Waals surface area contributed by atoms with E-state index in [-0.39, 0.29) is 103 Å². The minimum absolute atomic E-state index is 0.00416. The molecule has 25 nitrogen and oxygen atoms in total. The van der Waals surface area contributed by atoms with E-state index in [0.29, 0.717) is 123 Å². The summed E-state index contributed by atoms with van der Waals surface area (Å²) in [6.07, 6.45) is -1.91. The zero-order chi connectivity index (χ0) is 60.0. The number of amides is 2. The van der Waals surface area contributed by atoms with Crippen LogP contribution in [0.2, 0.25) is 0 Å². The largest absolute Gasteiger partial charge is 0.480 e. The van der Waals surface area contributed by atoms with Crippen molar-refractivity contribution in [1.82, 2.24) is 50.1 Å². The molecule has 2 fully saturated rings. The number of ether oxygens (including phenoxy) is 6. The van der Waals surface area contributed by atoms with Gasteiger partial charge in [-0.05, 0) is 63.6 Å². The number of nitrogens with one attached hydrogen (secondary N) is 2. The van der Waals surface area contributed by atoms with Gasteiger partial charge in [0.15, 0.2) is 5.69 Å². The molecule has 0 aromatic carbocycles. The Bertz CT molecular complexity index is 2450. The van der Waals surface area contributed by atoms with E-state index in [4.69, 9.17) is 33.4 Å². The van der Waals surface area contributed by atoms with E-state index < -0.39 is 41.2 Å². The van der Waals surface area contributed by atoms with E-state index in [0.717, 1.165) is 23.0 Å². The highest BCUT2D eigenvalue weighted by Gasteiger charge is 2.40. The average Bonchev–Trinajstić information content (AvgIpc) is 3.60. The fourth-order valence-electron chi connectivity index (χ4n) is 9.38. The van der Waals surface area contributed by atoms with Crippen molar-refractivity contribution >= 4 is 35.4 Å². The van der Waals surface area contributed by atoms with Gasteiger partial charge in [-0.1, -0.05) is 6.92 Å². The number of alkyl halides is 3. The molecule has 28 heteroatoms. The molecule has 0 bridgehead atoms. The van der Waals surface area contributed by atoms with Gasteiger partial charge in [0, 0.05) is 110 Å². The normalized spacial score (nSPS) is 16.5. The molecule has 0 aliphatic carbocycles. The fraction of sp³-hybridized carbons (Fsp3) is 0.636. The lowest BCUT2D eigenvalue weighted by molar-refractivity contribution is -0.142. The third-order valence-corrected chi connectivity index (χ3v) is 13.5. The number of pyridine rings is 3. The maximum atomic E-state index is 14.2. The number of hydrogen-bond acceptors (Lipinski definition) is 20. The van der Waals surface area contributed by atoms with Gasteiger partial charge in [-0.25, -0.2) is 15.0 Å². The van der Waals surface area contributed by atoms with Gasteiger partial charge in [0.25, 0.3) is 5.91 Å². The highest BCUT2D eigenvalue weighted by molar-refractivity contribution is 5.96. The summed E-state index contributed by atoms with van der Waals surface area (Å²) in [4.78, 5) is 84.9. The standard InChI is InChI=1S/C55H82F3N11O14/c1-4-41-36-68(54(77)43-10-13-48(82-5-2)63-52(43)55(56,57)58)25-26-69(41)46-12-11-44(42-9-7-15-61-53(42)83-6-3)62-45(46)35-59-14-8-27-78-29-31-80-33-34-81-32-30-79-28-16-60-47(70)37-64-17-19-65(38-49(71)72)21-23-67(40-51(75)76)24-22-66(20-18-64)39-50(73)74/h7,9-13,15,41,59H,4-6,8,14,16-40H2,1-3H3,(H,60,70)(H,71,72)(H,73,74)(H,75,76). The zero-order valence-electron chi connectivity index (χ0n) is 47.8. The highest BCUT2D eigenvalue weighted by Crippen LogP contribution is 2.35. The molecule has 5 heterocycles. The van der Waals surface area contributed by atoms with E-state index >= 15 is 0 Å². The molecule has 0 saturated carbocycles. The van der Waals surface area contributed by atoms with Crippen LogP contribution in [0.4, 0.5) is 18.9 Å². The maximum absolute atomic E-state index is 14.2. The first-order valence-electron chi connectivity index (χ1n) is 28.2. The summed E-state index contributed by atoms with van der Waals surface area (Å²) >= 11 is 0. The van der Waals surface area contributed by atoms with Gasteiger partial charge in [-0.3, -0.25) is 43.6 Å². The Labute approximate surface area is 482 Å². The molecule has 3 aromatic heterocycles. The first-order valence-corrected chi connectivity index (χ1v) is 28.2. The molecule has 1 atom stereocenters. The number of piperazine rings is 1. The molecule has 5 N–H and O–H groups in total. The molecule has 2 aliphatic rings. The fourth-order valence-corrected chi connectivity index (χ4v) is 9.38. The predicted octanol–water partition coefficient (Wildman–Crippen LogP) is 2.23. The van der Waals surface area contributed by atoms with Crippen molar-refractivity contribution in [2.45, 2.75) is 52.4 Å². The van der Waals surface area contributed by atoms with Crippen molar-refractivity contribution in [3.05, 3.63) is 59.5 Å². The van der Waals surface area contributed by atoms with Crippen LogP contribution in [-0.4, -0.2) is 268 Å². The molecule has 2 aliphatic heterocycles. The van der Waals surface area contributed by atoms with Crippen LogP contribution in [0.1, 0.15) is 55.4 Å². The summed E-state index contributed by atoms with van der Waals surface area (Å²) in [5, 5.41) is 34.6. The molecule has 462 valence electrons. The molecule has 1 unspecified atom stereocenters. The minimum atomic E-state index is -4.86. The number of carbonyl (C=O) groups excluding carboxylic acids is 2. The van der Waals surface area contributed by atoms with E-state index in [2.05, 4.69) is 25.5 Å². The number of halogens is 3. The van der Waals surface area contributed by atoms with Gasteiger partial charge >= 0.3 is 24.1 Å². The Balaban J connectivity index is 0.981. The Morgan fingerprint density at radius 1 is 0.639 bits per heavy atom. The van der Waals surface area contributed by atoms with Gasteiger partial charge < -0.3 is 64.2 Å². The third kappa shape index (κ3) is 24.0. The molecule has 2 saturated heterocycles. The number of aliphatic carboxylic acids is 3. The van der Waals surface area contributed by atoms with Gasteiger partial charge in [0.1, 0.15) is 0 Å². The van der Waals surface area contributed by atoms with Gasteiger partial charge in [0.05, 0.1) is 114 Å². The van der Waals surface area contributed by atoms with Crippen LogP contribution >= 0.6 is 0 Å². The van der Waals surface area contributed by atoms with Crippen LogP contribution in [-0.2, 0) is 50.8 Å². The number of aromatic nitrogens is 3. The van der Waals surface area contributed by atoms with Gasteiger partial charge in [-0.2, -0.15) is 13.2 Å². The Morgan fingerprint density at radius 2 is 1.19 bits per heavy atom. The van der Waals surface area contributed by atoms with Gasteiger partial charge in [0.2, 0.25) is 17.7 Å². The molecule has 0 radical (unpaired) electrons. The number of hydrogen-bond donors (Lipinski definition) is 5. The molecule has 3 aromatic rings. The minimum Gasteiger partial charge on any atom is -0.480 e. The number of nitrogens with zero attached hydrogens (tertiary/aromatic N) is 9. The van der Waals surface area contributed by atoms with Crippen molar-refractivity contribution in [2.24, 2.45) is 0 Å². The summed E-state index contributed by atoms with van der Waals surface area (Å²) in [5.74, 6) is -3.86. The van der Waals surface area contributed by atoms with Crippen LogP contribution in [0.5, 0.6) is 11.8 Å². The van der Waals surface area contributed by atoms with Crippen LogP contribution in [0.15, 0.2) is 42.6 Å². The van der Waals surface area contributed by atoms with Crippen molar-refractivity contribution in [1.29, 1.82) is 0 Å². The number of anilines is 1. The van der Waals surface area contributed by atoms with Crippen molar-refractivity contribution in [3.8, 4) is 23.0 Å². The van der Waals surface area contributed by atoms with E-state index in [1.165, 1.54) is 11.0 Å². The second kappa shape index (κ2) is 36.4. The number of carboxylic acids is 3. The number of carboxylic acid groups (broad SMARTS) is 3. The lowest BCUT2D eigenvalue weighted by Gasteiger charge is -2.43. The lowest BCUT2D eigenvalue weighted by atomic mass is 10.0. The summed E-state index contributed by atoms with van der Waals surface area (Å²) < 4.78 is 76.2. The Hall–Kier alpha value is -6.37. The first-order chi connectivity index (χ1) is 40.0. The Morgan fingerprint density at radius 3 is 1.73 bits per heavy atom. The van der Waals surface area contributed by atoms with Crippen molar-refractivity contribution < 1.29 is 80.9 Å². The second-order valence-corrected chi connectivity index (χ2v) is 19.6. The zero-order valence-corrected chi connectivity index (χ0v) is 47.8. The third-order valence-electron chi connectivity index (χ3n) is 13.5. The molecule has 83 heavy (non-hydrogen) atoms. The van der Waals surface area contributed by atoms with Gasteiger partial charge in [-0.15, -0.1) is 0 Å². The summed E-state index contributed by atoms with van der Waals surface area (Å²) in [5.41, 5.74) is 1.16. The van der Waals surface area contributed by atoms with Crippen LogP contribution in [0, 0.1) is 0 Å². The first kappa shape index (κ1) is 67.4. The van der Waals surface area contributed by atoms with E-state index in [1.54, 1.807) is 27.8 Å². The number of carbonyl (C=O) groups is 5. The summed E-state index contributed by atoms with van der Waals surface area (Å²) in [6.45, 7) is 12.4. The van der Waals surface area contributed by atoms with Crippen LogP contribution < -0.4 is 25.0 Å². The van der Waals surface area contributed by atoms with E-state index in [1.807, 2.05) is 43.0 Å². The monoisotopic (exact) mass is 1180 g/mol. The smallest absolute Gasteiger partial charge is 0.434 e. The molecular formula is C55H82F3N11O14. The van der Waals surface area contributed by atoms with Crippen molar-refractivity contribution in [2.75, 3.05) is 182 Å². The lowest BCUT2D eigenvalue weighted by Crippen LogP contribution is -2.55. The Kier molecular flexibility index (Phi) is 29.5. The van der Waals surface area contributed by atoms with Crippen molar-refractivity contribution in [3.63, 3.8) is 0 Å². The second-order valence-electron chi connectivity index (χ2n) is 19.6. The summed E-state index contributed by atoms with van der Waals surface area (Å²) in [6, 6.07) is 9.77. The summed E-state index contributed by atoms with van der Waals surface area (Å²) in [7, 11) is 0. The molecule has 0 spiro atoms. The molecule has 5 rings (SSSR count). The number of rotatable bonds is 34. The van der Waals surface area contributed by atoms with Crippen LogP contribution in [0.3, 0.4) is 0 Å².